The number of pyridine rings is 1. The molecule has 2 heterocycles. The molecule has 4 rings (SSSR count). The van der Waals surface area contributed by atoms with Crippen molar-refractivity contribution in [1.82, 2.24) is 15.3 Å². The van der Waals surface area contributed by atoms with E-state index >= 15 is 0 Å². The number of aliphatic hydroxyl groups excluding tert-OH is 1. The quantitative estimate of drug-likeness (QED) is 0.133. The number of aryl methyl sites for hydroxylation is 1. The minimum atomic E-state index is -3.71. The van der Waals surface area contributed by atoms with Crippen molar-refractivity contribution >= 4 is 27.0 Å². The van der Waals surface area contributed by atoms with Crippen LogP contribution in [0.2, 0.25) is 0 Å². The number of nitrogens with one attached hydrogen (secondary N) is 2. The molecule has 0 amide bonds. The van der Waals surface area contributed by atoms with Crippen LogP contribution in [0.1, 0.15) is 61.1 Å². The van der Waals surface area contributed by atoms with Gasteiger partial charge in [-0.2, -0.15) is 0 Å². The van der Waals surface area contributed by atoms with E-state index in [2.05, 4.69) is 26.9 Å². The Morgan fingerprint density at radius 2 is 1.70 bits per heavy atom. The summed E-state index contributed by atoms with van der Waals surface area (Å²) >= 11 is 1.68. The summed E-state index contributed by atoms with van der Waals surface area (Å²) in [4.78, 5) is 10.1. The van der Waals surface area contributed by atoms with E-state index in [-0.39, 0.29) is 4.90 Å². The largest absolute Gasteiger partial charge is 0.387 e. The highest BCUT2D eigenvalue weighted by atomic mass is 32.2. The second kappa shape index (κ2) is 15.0. The fraction of sp³-hybridized carbons (Fsp3) is 0.355. The molecule has 0 fully saturated rings. The van der Waals surface area contributed by atoms with Crippen molar-refractivity contribution in [2.75, 3.05) is 17.8 Å². The van der Waals surface area contributed by atoms with Crippen molar-refractivity contribution in [1.29, 1.82) is 0 Å². The number of unbranched alkanes of at least 4 members (excludes halogenated alkanes) is 4. The van der Waals surface area contributed by atoms with Gasteiger partial charge in [0.1, 0.15) is 5.01 Å². The number of aliphatic hydroxyl groups is 1. The molecule has 0 aliphatic heterocycles. The Balaban J connectivity index is 1.24. The SMILES string of the molecule is CCCCCCCc1cnc(-c2ccc(S(=O)(=O)Nc3ccc(CCNCC(O)c4cccnc4)cc3)cc2)s1. The van der Waals surface area contributed by atoms with Crippen LogP contribution in [0.3, 0.4) is 0 Å². The van der Waals surface area contributed by atoms with E-state index in [0.717, 1.165) is 34.5 Å². The van der Waals surface area contributed by atoms with Gasteiger partial charge in [-0.05, 0) is 61.7 Å². The Kier molecular flexibility index (Phi) is 11.2. The van der Waals surface area contributed by atoms with E-state index in [1.807, 2.05) is 36.5 Å². The van der Waals surface area contributed by atoms with E-state index < -0.39 is 16.1 Å². The Morgan fingerprint density at radius 1 is 0.925 bits per heavy atom. The zero-order valence-electron chi connectivity index (χ0n) is 22.9. The number of thiazole rings is 1. The minimum Gasteiger partial charge on any atom is -0.387 e. The first-order chi connectivity index (χ1) is 19.4. The molecular formula is C31H38N4O3S2. The van der Waals surface area contributed by atoms with Crippen molar-refractivity contribution in [3.8, 4) is 10.6 Å². The Morgan fingerprint density at radius 3 is 2.42 bits per heavy atom. The maximum absolute atomic E-state index is 13.0. The van der Waals surface area contributed by atoms with Gasteiger partial charge < -0.3 is 10.4 Å². The molecular weight excluding hydrogens is 541 g/mol. The van der Waals surface area contributed by atoms with Crippen molar-refractivity contribution < 1.29 is 13.5 Å². The van der Waals surface area contributed by atoms with E-state index in [9.17, 15) is 13.5 Å². The average Bonchev–Trinajstić information content (AvgIpc) is 3.45. The molecule has 4 aromatic rings. The molecule has 1 atom stereocenters. The second-order valence-electron chi connectivity index (χ2n) is 9.88. The monoisotopic (exact) mass is 578 g/mol. The summed E-state index contributed by atoms with van der Waals surface area (Å²) in [6.45, 7) is 3.35. The van der Waals surface area contributed by atoms with Gasteiger partial charge in [-0.1, -0.05) is 62.9 Å². The predicted molar refractivity (Wildman–Crippen MR) is 163 cm³/mol. The standard InChI is InChI=1S/C31H38N4O3S2/c1-2-3-4-5-6-9-28-22-34-31(39-28)25-12-16-29(17-13-25)40(37,38)35-27-14-10-24(11-15-27)18-20-33-23-30(36)26-8-7-19-32-21-26/h7-8,10-17,19,21-22,30,33,35-36H,2-6,9,18,20,23H2,1H3. The van der Waals surface area contributed by atoms with Crippen LogP contribution >= 0.6 is 11.3 Å². The highest BCUT2D eigenvalue weighted by molar-refractivity contribution is 7.92. The molecule has 3 N–H and O–H groups in total. The molecule has 2 aromatic heterocycles. The zero-order valence-corrected chi connectivity index (χ0v) is 24.6. The van der Waals surface area contributed by atoms with Crippen LogP contribution in [-0.4, -0.2) is 36.6 Å². The molecule has 7 nitrogen and oxygen atoms in total. The van der Waals surface area contributed by atoms with Gasteiger partial charge >= 0.3 is 0 Å². The summed E-state index contributed by atoms with van der Waals surface area (Å²) in [6, 6.07) is 17.9. The van der Waals surface area contributed by atoms with Crippen molar-refractivity contribution in [2.45, 2.75) is 62.9 Å². The van der Waals surface area contributed by atoms with Gasteiger partial charge in [0.05, 0.1) is 11.0 Å². The third-order valence-corrected chi connectivity index (χ3v) is 9.20. The van der Waals surface area contributed by atoms with Gasteiger partial charge in [0.2, 0.25) is 0 Å². The first-order valence-electron chi connectivity index (χ1n) is 13.9. The van der Waals surface area contributed by atoms with Gasteiger partial charge in [0.25, 0.3) is 10.0 Å². The predicted octanol–water partition coefficient (Wildman–Crippen LogP) is 6.38. The minimum absolute atomic E-state index is 0.212. The van der Waals surface area contributed by atoms with Crippen LogP contribution in [-0.2, 0) is 22.9 Å². The fourth-order valence-corrected chi connectivity index (χ4v) is 6.37. The van der Waals surface area contributed by atoms with Crippen LogP contribution in [0.15, 0.2) is 84.1 Å². The summed E-state index contributed by atoms with van der Waals surface area (Å²) in [6.07, 6.45) is 12.7. The zero-order chi connectivity index (χ0) is 28.2. The molecule has 40 heavy (non-hydrogen) atoms. The van der Waals surface area contributed by atoms with E-state index in [1.165, 1.54) is 37.0 Å². The third-order valence-electron chi connectivity index (χ3n) is 6.70. The highest BCUT2D eigenvalue weighted by Crippen LogP contribution is 2.28. The number of rotatable bonds is 16. The molecule has 0 saturated heterocycles. The number of hydrogen-bond acceptors (Lipinski definition) is 7. The Labute approximate surface area is 241 Å². The van der Waals surface area contributed by atoms with Gasteiger partial charge in [-0.3, -0.25) is 9.71 Å². The van der Waals surface area contributed by atoms with E-state index in [0.29, 0.717) is 18.8 Å². The van der Waals surface area contributed by atoms with Crippen LogP contribution < -0.4 is 10.0 Å². The second-order valence-corrected chi connectivity index (χ2v) is 12.7. The fourth-order valence-electron chi connectivity index (χ4n) is 4.35. The summed E-state index contributed by atoms with van der Waals surface area (Å²) < 4.78 is 28.6. The lowest BCUT2D eigenvalue weighted by Crippen LogP contribution is -2.23. The molecule has 0 spiro atoms. The number of aromatic nitrogens is 2. The van der Waals surface area contributed by atoms with Crippen LogP contribution in [0, 0.1) is 0 Å². The first kappa shape index (κ1) is 29.9. The van der Waals surface area contributed by atoms with Gasteiger partial charge in [0, 0.05) is 46.8 Å². The Bertz CT molecular complexity index is 1410. The molecule has 2 aromatic carbocycles. The maximum atomic E-state index is 13.0. The number of benzene rings is 2. The Hall–Kier alpha value is -3.11. The molecule has 0 aliphatic rings. The molecule has 212 valence electrons. The van der Waals surface area contributed by atoms with Gasteiger partial charge in [0.15, 0.2) is 0 Å². The van der Waals surface area contributed by atoms with Gasteiger partial charge in [-0.15, -0.1) is 11.3 Å². The van der Waals surface area contributed by atoms with Gasteiger partial charge in [-0.25, -0.2) is 13.4 Å². The number of anilines is 1. The molecule has 0 aliphatic carbocycles. The lowest BCUT2D eigenvalue weighted by Gasteiger charge is -2.12. The van der Waals surface area contributed by atoms with Crippen LogP contribution in [0.25, 0.3) is 10.6 Å². The molecule has 0 bridgehead atoms. The molecule has 1 unspecified atom stereocenters. The summed E-state index contributed by atoms with van der Waals surface area (Å²) in [7, 11) is -3.71. The topological polar surface area (TPSA) is 104 Å². The van der Waals surface area contributed by atoms with E-state index in [1.54, 1.807) is 54.1 Å². The maximum Gasteiger partial charge on any atom is 0.261 e. The van der Waals surface area contributed by atoms with Crippen LogP contribution in [0.5, 0.6) is 0 Å². The lowest BCUT2D eigenvalue weighted by molar-refractivity contribution is 0.174. The highest BCUT2D eigenvalue weighted by Gasteiger charge is 2.15. The number of sulfonamides is 1. The van der Waals surface area contributed by atoms with E-state index in [4.69, 9.17) is 0 Å². The summed E-state index contributed by atoms with van der Waals surface area (Å²) in [5.74, 6) is 0. The smallest absolute Gasteiger partial charge is 0.261 e. The normalized spacial score (nSPS) is 12.3. The average molecular weight is 579 g/mol. The van der Waals surface area contributed by atoms with Crippen molar-refractivity contribution in [3.63, 3.8) is 0 Å². The summed E-state index contributed by atoms with van der Waals surface area (Å²) in [5.41, 5.74) is 3.28. The van der Waals surface area contributed by atoms with Crippen molar-refractivity contribution in [2.24, 2.45) is 0 Å². The van der Waals surface area contributed by atoms with Crippen molar-refractivity contribution in [3.05, 3.63) is 95.3 Å². The third kappa shape index (κ3) is 8.96. The molecule has 0 saturated carbocycles. The number of nitrogens with zero attached hydrogens (tertiary/aromatic N) is 2. The lowest BCUT2D eigenvalue weighted by atomic mass is 10.1. The first-order valence-corrected chi connectivity index (χ1v) is 16.2. The molecule has 0 radical (unpaired) electrons. The van der Waals surface area contributed by atoms with Crippen LogP contribution in [0.4, 0.5) is 5.69 Å². The summed E-state index contributed by atoms with van der Waals surface area (Å²) in [5, 5.41) is 14.4. The molecule has 9 heteroatoms. The number of hydrogen-bond donors (Lipinski definition) is 3.